The number of alkyl halides is 1. The fourth-order valence-corrected chi connectivity index (χ4v) is 1.26. The third kappa shape index (κ3) is 3.79. The summed E-state index contributed by atoms with van der Waals surface area (Å²) < 4.78 is 0.779. The van der Waals surface area contributed by atoms with Crippen molar-refractivity contribution in [2.45, 2.75) is 6.42 Å². The number of carboxylic acid groups (broad SMARTS) is 1. The first-order valence-electron chi connectivity index (χ1n) is 4.08. The van der Waals surface area contributed by atoms with Gasteiger partial charge in [-0.15, -0.1) is 0 Å². The maximum Gasteiger partial charge on any atom is 0.307 e. The van der Waals surface area contributed by atoms with E-state index in [4.69, 9.17) is 5.11 Å². The number of rotatable bonds is 2. The van der Waals surface area contributed by atoms with E-state index in [1.54, 1.807) is 6.07 Å². The van der Waals surface area contributed by atoms with Gasteiger partial charge in [-0.3, -0.25) is 4.79 Å². The van der Waals surface area contributed by atoms with Gasteiger partial charge in [-0.25, -0.2) is 0 Å². The smallest absolute Gasteiger partial charge is 0.307 e. The zero-order chi connectivity index (χ0) is 10.4. The van der Waals surface area contributed by atoms with Crippen LogP contribution in [0, 0.1) is 11.8 Å². The van der Waals surface area contributed by atoms with Gasteiger partial charge in [0.2, 0.25) is 0 Å². The van der Waals surface area contributed by atoms with Crippen LogP contribution in [0.15, 0.2) is 24.3 Å². The van der Waals surface area contributed by atoms with Gasteiger partial charge in [0.1, 0.15) is 0 Å². The highest BCUT2D eigenvalue weighted by atomic mass is 127. The van der Waals surface area contributed by atoms with Gasteiger partial charge >= 0.3 is 5.97 Å². The van der Waals surface area contributed by atoms with Crippen LogP contribution < -0.4 is 0 Å². The van der Waals surface area contributed by atoms with Crippen LogP contribution >= 0.6 is 22.6 Å². The van der Waals surface area contributed by atoms with E-state index in [1.165, 1.54) is 0 Å². The van der Waals surface area contributed by atoms with E-state index in [-0.39, 0.29) is 6.42 Å². The number of hydrogen-bond donors (Lipinski definition) is 1. The molecule has 0 aliphatic carbocycles. The predicted molar refractivity (Wildman–Crippen MR) is 63.5 cm³/mol. The van der Waals surface area contributed by atoms with Gasteiger partial charge in [-0.2, -0.15) is 0 Å². The van der Waals surface area contributed by atoms with Crippen molar-refractivity contribution in [2.75, 3.05) is 4.43 Å². The number of carboxylic acids is 1. The Bertz CT molecular complexity index is 388. The fourth-order valence-electron chi connectivity index (χ4n) is 1.07. The first-order valence-corrected chi connectivity index (χ1v) is 5.60. The predicted octanol–water partition coefficient (Wildman–Crippen LogP) is 2.10. The number of benzene rings is 1. The van der Waals surface area contributed by atoms with Gasteiger partial charge in [0.05, 0.1) is 10.8 Å². The maximum absolute atomic E-state index is 10.5. The highest BCUT2D eigenvalue weighted by molar-refractivity contribution is 14.1. The number of carbonyl (C=O) groups is 1. The molecule has 0 spiro atoms. The van der Waals surface area contributed by atoms with E-state index in [0.717, 1.165) is 15.6 Å². The summed E-state index contributed by atoms with van der Waals surface area (Å²) in [6.45, 7) is 0. The summed E-state index contributed by atoms with van der Waals surface area (Å²) in [7, 11) is 0. The molecule has 0 saturated carbocycles. The van der Waals surface area contributed by atoms with Crippen LogP contribution in [0.25, 0.3) is 0 Å². The summed E-state index contributed by atoms with van der Waals surface area (Å²) in [5.74, 6) is 5.08. The van der Waals surface area contributed by atoms with Crippen molar-refractivity contribution in [3.63, 3.8) is 0 Å². The van der Waals surface area contributed by atoms with Crippen LogP contribution in [0.2, 0.25) is 0 Å². The third-order valence-electron chi connectivity index (χ3n) is 1.58. The maximum atomic E-state index is 10.5. The highest BCUT2D eigenvalue weighted by Crippen LogP contribution is 2.04. The molecule has 3 heteroatoms. The normalized spacial score (nSPS) is 8.93. The van der Waals surface area contributed by atoms with Crippen molar-refractivity contribution in [2.24, 2.45) is 0 Å². The molecule has 0 bridgehead atoms. The van der Waals surface area contributed by atoms with Gasteiger partial charge in [0, 0.05) is 5.56 Å². The van der Waals surface area contributed by atoms with E-state index >= 15 is 0 Å². The number of aliphatic carboxylic acids is 1. The molecular formula is C11H9IO2. The summed E-state index contributed by atoms with van der Waals surface area (Å²) in [6.07, 6.45) is 0.0553. The second-order valence-electron chi connectivity index (χ2n) is 2.71. The number of hydrogen-bond acceptors (Lipinski definition) is 1. The fraction of sp³-hybridized carbons (Fsp3) is 0.182. The molecule has 0 unspecified atom stereocenters. The van der Waals surface area contributed by atoms with Crippen molar-refractivity contribution in [3.05, 3.63) is 35.4 Å². The standard InChI is InChI=1S/C11H9IO2/c12-6-2-5-9-3-1-4-10(7-9)8-11(13)14/h1,3-4,7H,6,8H2,(H,13,14). The molecule has 0 aromatic heterocycles. The van der Waals surface area contributed by atoms with Gasteiger partial charge in [0.25, 0.3) is 0 Å². The summed E-state index contributed by atoms with van der Waals surface area (Å²) in [6, 6.07) is 7.32. The van der Waals surface area contributed by atoms with Crippen molar-refractivity contribution < 1.29 is 9.90 Å². The lowest BCUT2D eigenvalue weighted by molar-refractivity contribution is -0.136. The Morgan fingerprint density at radius 2 is 2.29 bits per heavy atom. The Morgan fingerprint density at radius 1 is 1.50 bits per heavy atom. The molecule has 0 saturated heterocycles. The quantitative estimate of drug-likeness (QED) is 0.516. The summed E-state index contributed by atoms with van der Waals surface area (Å²) in [5, 5.41) is 8.60. The van der Waals surface area contributed by atoms with Gasteiger partial charge in [0.15, 0.2) is 0 Å². The van der Waals surface area contributed by atoms with E-state index in [0.29, 0.717) is 0 Å². The van der Waals surface area contributed by atoms with E-state index in [9.17, 15) is 4.79 Å². The molecule has 0 heterocycles. The molecule has 72 valence electrons. The highest BCUT2D eigenvalue weighted by Gasteiger charge is 1.99. The average molecular weight is 300 g/mol. The molecule has 0 radical (unpaired) electrons. The minimum absolute atomic E-state index is 0.0553. The largest absolute Gasteiger partial charge is 0.481 e. The Balaban J connectivity index is 2.84. The average Bonchev–Trinajstić information content (AvgIpc) is 2.14. The summed E-state index contributed by atoms with van der Waals surface area (Å²) in [4.78, 5) is 10.5. The molecule has 1 rings (SSSR count). The second kappa shape index (κ2) is 5.66. The van der Waals surface area contributed by atoms with Crippen LogP contribution in [0.1, 0.15) is 11.1 Å². The first kappa shape index (κ1) is 11.1. The molecule has 1 aromatic rings. The lowest BCUT2D eigenvalue weighted by Crippen LogP contribution is -1.99. The Hall–Kier alpha value is -1.02. The van der Waals surface area contributed by atoms with E-state index < -0.39 is 5.97 Å². The van der Waals surface area contributed by atoms with Crippen LogP contribution in [0.5, 0.6) is 0 Å². The molecule has 0 aliphatic heterocycles. The van der Waals surface area contributed by atoms with Gasteiger partial charge in [-0.05, 0) is 17.7 Å². The molecule has 14 heavy (non-hydrogen) atoms. The van der Waals surface area contributed by atoms with Crippen molar-refractivity contribution >= 4 is 28.6 Å². The molecule has 0 fully saturated rings. The van der Waals surface area contributed by atoms with Crippen LogP contribution in [0.3, 0.4) is 0 Å². The first-order chi connectivity index (χ1) is 6.72. The van der Waals surface area contributed by atoms with Crippen molar-refractivity contribution in [1.82, 2.24) is 0 Å². The Kier molecular flexibility index (Phi) is 4.47. The zero-order valence-corrected chi connectivity index (χ0v) is 9.61. The summed E-state index contributed by atoms with van der Waals surface area (Å²) >= 11 is 2.18. The van der Waals surface area contributed by atoms with E-state index in [2.05, 4.69) is 34.4 Å². The van der Waals surface area contributed by atoms with Crippen LogP contribution in [0.4, 0.5) is 0 Å². The molecule has 1 aromatic carbocycles. The lowest BCUT2D eigenvalue weighted by Gasteiger charge is -1.96. The van der Waals surface area contributed by atoms with Crippen molar-refractivity contribution in [3.8, 4) is 11.8 Å². The van der Waals surface area contributed by atoms with E-state index in [1.807, 2.05) is 18.2 Å². The molecule has 2 nitrogen and oxygen atoms in total. The molecular weight excluding hydrogens is 291 g/mol. The zero-order valence-electron chi connectivity index (χ0n) is 7.46. The Labute approximate surface area is 96.5 Å². The lowest BCUT2D eigenvalue weighted by atomic mass is 10.1. The van der Waals surface area contributed by atoms with Crippen LogP contribution in [-0.4, -0.2) is 15.5 Å². The molecule has 0 amide bonds. The number of halogens is 1. The SMILES string of the molecule is O=C(O)Cc1cccc(C#CCI)c1. The van der Waals surface area contributed by atoms with Crippen molar-refractivity contribution in [1.29, 1.82) is 0 Å². The molecule has 0 atom stereocenters. The summed E-state index contributed by atoms with van der Waals surface area (Å²) in [5.41, 5.74) is 1.66. The van der Waals surface area contributed by atoms with Gasteiger partial charge in [-0.1, -0.05) is 46.6 Å². The second-order valence-corrected chi connectivity index (χ2v) is 3.47. The van der Waals surface area contributed by atoms with Gasteiger partial charge < -0.3 is 5.11 Å². The van der Waals surface area contributed by atoms with Crippen LogP contribution in [-0.2, 0) is 11.2 Å². The monoisotopic (exact) mass is 300 g/mol. The molecule has 1 N–H and O–H groups in total. The minimum atomic E-state index is -0.816. The Morgan fingerprint density at radius 3 is 2.93 bits per heavy atom. The minimum Gasteiger partial charge on any atom is -0.481 e. The molecule has 0 aliphatic rings. The topological polar surface area (TPSA) is 37.3 Å². The third-order valence-corrected chi connectivity index (χ3v) is 1.96.